The third-order valence-corrected chi connectivity index (χ3v) is 4.96. The van der Waals surface area contributed by atoms with Crippen molar-refractivity contribution in [3.63, 3.8) is 0 Å². The van der Waals surface area contributed by atoms with Crippen molar-refractivity contribution in [2.45, 2.75) is 18.6 Å². The summed E-state index contributed by atoms with van der Waals surface area (Å²) in [5.74, 6) is 0.888. The summed E-state index contributed by atoms with van der Waals surface area (Å²) in [6, 6.07) is 13.7. The average Bonchev–Trinajstić information content (AvgIpc) is 3.39. The Morgan fingerprint density at radius 2 is 2.12 bits per heavy atom. The molecule has 0 spiro atoms. The lowest BCUT2D eigenvalue weighted by molar-refractivity contribution is 0.218. The fourth-order valence-electron chi connectivity index (χ4n) is 3.49. The van der Waals surface area contributed by atoms with Crippen LogP contribution in [-0.2, 0) is 6.54 Å². The molecule has 3 aromatic rings. The van der Waals surface area contributed by atoms with Crippen LogP contribution in [0.5, 0.6) is 0 Å². The van der Waals surface area contributed by atoms with E-state index in [2.05, 4.69) is 20.9 Å². The number of nitrogens with one attached hydrogen (secondary N) is 1. The topological polar surface area (TPSA) is 66.5 Å². The molecule has 3 aromatic heterocycles. The number of hydrogen-bond acceptors (Lipinski definition) is 4. The SMILES string of the molecule is OCCN1C(=S)N[C@@H](c2ccccn2)[C@@H]1c1cccn1Cc1ccco1. The van der Waals surface area contributed by atoms with Gasteiger partial charge in [0.15, 0.2) is 5.11 Å². The minimum Gasteiger partial charge on any atom is -0.467 e. The molecule has 0 aromatic carbocycles. The number of aliphatic hydroxyl groups is 1. The first-order valence-corrected chi connectivity index (χ1v) is 8.95. The second kappa shape index (κ2) is 7.31. The predicted octanol–water partition coefficient (Wildman–Crippen LogP) is 2.49. The third-order valence-electron chi connectivity index (χ3n) is 4.61. The molecule has 2 atom stereocenters. The molecule has 134 valence electrons. The minimum atomic E-state index is -0.0829. The van der Waals surface area contributed by atoms with E-state index in [0.29, 0.717) is 18.2 Å². The zero-order valence-electron chi connectivity index (χ0n) is 14.2. The standard InChI is InChI=1S/C19H20N4O2S/c24-11-10-23-18(17(21-19(23)26)15-6-1-2-8-20-15)16-7-3-9-22(16)13-14-5-4-12-25-14/h1-9,12,17-18,24H,10-11,13H2,(H,21,26)/t17-,18-/m0/s1. The molecule has 7 heteroatoms. The molecule has 2 N–H and O–H groups in total. The quantitative estimate of drug-likeness (QED) is 0.652. The lowest BCUT2D eigenvalue weighted by Gasteiger charge is -2.28. The van der Waals surface area contributed by atoms with Crippen LogP contribution in [0.15, 0.2) is 65.5 Å². The van der Waals surface area contributed by atoms with Gasteiger partial charge >= 0.3 is 0 Å². The maximum Gasteiger partial charge on any atom is 0.170 e. The van der Waals surface area contributed by atoms with E-state index in [9.17, 15) is 5.11 Å². The number of thiocarbonyl (C=S) groups is 1. The van der Waals surface area contributed by atoms with E-state index in [0.717, 1.165) is 17.1 Å². The van der Waals surface area contributed by atoms with Crippen molar-refractivity contribution in [1.82, 2.24) is 19.8 Å². The lowest BCUT2D eigenvalue weighted by Crippen LogP contribution is -2.33. The first-order chi connectivity index (χ1) is 12.8. The van der Waals surface area contributed by atoms with Crippen LogP contribution in [-0.4, -0.2) is 37.8 Å². The number of β-amino-alcohol motifs (C(OH)–C–C–N with tert-alkyl or cyclic N) is 1. The fourth-order valence-corrected chi connectivity index (χ4v) is 3.82. The molecule has 1 aliphatic heterocycles. The van der Waals surface area contributed by atoms with Gasteiger partial charge in [-0.25, -0.2) is 0 Å². The summed E-state index contributed by atoms with van der Waals surface area (Å²) in [7, 11) is 0. The van der Waals surface area contributed by atoms with Crippen LogP contribution in [0.4, 0.5) is 0 Å². The number of pyridine rings is 1. The Kier molecular flexibility index (Phi) is 4.73. The number of aliphatic hydroxyl groups excluding tert-OH is 1. The second-order valence-electron chi connectivity index (χ2n) is 6.18. The molecular weight excluding hydrogens is 348 g/mol. The van der Waals surface area contributed by atoms with Crippen molar-refractivity contribution < 1.29 is 9.52 Å². The first-order valence-electron chi connectivity index (χ1n) is 8.54. The van der Waals surface area contributed by atoms with Gasteiger partial charge in [0.25, 0.3) is 0 Å². The number of rotatable bonds is 6. The Labute approximate surface area is 157 Å². The molecule has 4 heterocycles. The molecule has 0 aliphatic carbocycles. The average molecular weight is 368 g/mol. The van der Waals surface area contributed by atoms with E-state index in [-0.39, 0.29) is 18.7 Å². The van der Waals surface area contributed by atoms with Gasteiger partial charge in [0, 0.05) is 24.6 Å². The van der Waals surface area contributed by atoms with Gasteiger partial charge in [0.05, 0.1) is 37.2 Å². The van der Waals surface area contributed by atoms with Gasteiger partial charge in [-0.1, -0.05) is 6.07 Å². The van der Waals surface area contributed by atoms with Crippen molar-refractivity contribution in [2.24, 2.45) is 0 Å². The fraction of sp³-hybridized carbons (Fsp3) is 0.263. The van der Waals surface area contributed by atoms with Crippen molar-refractivity contribution in [3.05, 3.63) is 78.3 Å². The van der Waals surface area contributed by atoms with Crippen molar-refractivity contribution in [2.75, 3.05) is 13.2 Å². The van der Waals surface area contributed by atoms with Crippen LogP contribution in [0, 0.1) is 0 Å². The van der Waals surface area contributed by atoms with Crippen molar-refractivity contribution in [1.29, 1.82) is 0 Å². The molecule has 0 bridgehead atoms. The lowest BCUT2D eigenvalue weighted by atomic mass is 10.0. The van der Waals surface area contributed by atoms with Crippen molar-refractivity contribution >= 4 is 17.3 Å². The highest BCUT2D eigenvalue weighted by atomic mass is 32.1. The molecular formula is C19H20N4O2S. The summed E-state index contributed by atoms with van der Waals surface area (Å²) >= 11 is 5.54. The van der Waals surface area contributed by atoms with E-state index in [1.165, 1.54) is 0 Å². The Morgan fingerprint density at radius 1 is 1.19 bits per heavy atom. The van der Waals surface area contributed by atoms with E-state index in [1.807, 2.05) is 47.5 Å². The van der Waals surface area contributed by atoms with E-state index in [1.54, 1.807) is 12.5 Å². The molecule has 26 heavy (non-hydrogen) atoms. The highest BCUT2D eigenvalue weighted by molar-refractivity contribution is 7.80. The Bertz CT molecular complexity index is 863. The summed E-state index contributed by atoms with van der Waals surface area (Å²) in [6.45, 7) is 1.14. The van der Waals surface area contributed by atoms with Crippen LogP contribution in [0.3, 0.4) is 0 Å². The summed E-state index contributed by atoms with van der Waals surface area (Å²) in [5, 5.41) is 13.5. The molecule has 6 nitrogen and oxygen atoms in total. The van der Waals surface area contributed by atoms with Gasteiger partial charge in [-0.05, 0) is 48.6 Å². The van der Waals surface area contributed by atoms with Crippen LogP contribution in [0.1, 0.15) is 29.2 Å². The second-order valence-corrected chi connectivity index (χ2v) is 6.57. The van der Waals surface area contributed by atoms with Gasteiger partial charge in [0.1, 0.15) is 5.76 Å². The van der Waals surface area contributed by atoms with Gasteiger partial charge in [-0.15, -0.1) is 0 Å². The van der Waals surface area contributed by atoms with E-state index < -0.39 is 0 Å². The van der Waals surface area contributed by atoms with Crippen LogP contribution >= 0.6 is 12.2 Å². The number of hydrogen-bond donors (Lipinski definition) is 2. The third kappa shape index (κ3) is 3.11. The molecule has 0 amide bonds. The van der Waals surface area contributed by atoms with Gasteiger partial charge in [0.2, 0.25) is 0 Å². The number of aromatic nitrogens is 2. The van der Waals surface area contributed by atoms with Gasteiger partial charge in [-0.2, -0.15) is 0 Å². The zero-order chi connectivity index (χ0) is 17.9. The predicted molar refractivity (Wildman–Crippen MR) is 101 cm³/mol. The maximum atomic E-state index is 9.53. The van der Waals surface area contributed by atoms with E-state index >= 15 is 0 Å². The Hall–Kier alpha value is -2.64. The van der Waals surface area contributed by atoms with Crippen LogP contribution < -0.4 is 5.32 Å². The number of furan rings is 1. The molecule has 1 aliphatic rings. The van der Waals surface area contributed by atoms with Crippen LogP contribution in [0.25, 0.3) is 0 Å². The van der Waals surface area contributed by atoms with Gasteiger partial charge < -0.3 is 24.3 Å². The Morgan fingerprint density at radius 3 is 2.85 bits per heavy atom. The van der Waals surface area contributed by atoms with E-state index in [4.69, 9.17) is 16.6 Å². The first kappa shape index (κ1) is 16.8. The maximum absolute atomic E-state index is 9.53. The largest absolute Gasteiger partial charge is 0.467 e. The summed E-state index contributed by atoms with van der Waals surface area (Å²) in [4.78, 5) is 6.55. The van der Waals surface area contributed by atoms with Crippen LogP contribution in [0.2, 0.25) is 0 Å². The van der Waals surface area contributed by atoms with Crippen molar-refractivity contribution in [3.8, 4) is 0 Å². The smallest absolute Gasteiger partial charge is 0.170 e. The summed E-state index contributed by atoms with van der Waals surface area (Å²) in [6.07, 6.45) is 5.50. The zero-order valence-corrected chi connectivity index (χ0v) is 15.0. The van der Waals surface area contributed by atoms with Gasteiger partial charge in [-0.3, -0.25) is 4.98 Å². The monoisotopic (exact) mass is 368 g/mol. The summed E-state index contributed by atoms with van der Waals surface area (Å²) in [5.41, 5.74) is 2.02. The minimum absolute atomic E-state index is 0.0339. The molecule has 0 saturated carbocycles. The normalized spacial score (nSPS) is 19.7. The highest BCUT2D eigenvalue weighted by Crippen LogP contribution is 2.38. The molecule has 0 unspecified atom stereocenters. The number of nitrogens with zero attached hydrogens (tertiary/aromatic N) is 3. The molecule has 0 radical (unpaired) electrons. The Balaban J connectivity index is 1.73. The molecule has 1 saturated heterocycles. The molecule has 4 rings (SSSR count). The highest BCUT2D eigenvalue weighted by Gasteiger charge is 2.40. The summed E-state index contributed by atoms with van der Waals surface area (Å²) < 4.78 is 7.66. The molecule has 1 fully saturated rings.